The number of nitrogens with one attached hydrogen (secondary N) is 1. The average Bonchev–Trinajstić information content (AvgIpc) is 2.79. The van der Waals surface area contributed by atoms with Crippen LogP contribution in [0.3, 0.4) is 0 Å². The lowest BCUT2D eigenvalue weighted by molar-refractivity contribution is -0.897. The van der Waals surface area contributed by atoms with Crippen molar-refractivity contribution in [2.75, 3.05) is 20.2 Å². The molecule has 2 atom stereocenters. The fourth-order valence-electron chi connectivity index (χ4n) is 4.04. The molecular weight excluding hydrogens is 430 g/mol. The molecule has 1 heterocycles. The van der Waals surface area contributed by atoms with Gasteiger partial charge in [-0.15, -0.1) is 0 Å². The summed E-state index contributed by atoms with van der Waals surface area (Å²) in [6.45, 7) is 5.48. The Balaban J connectivity index is 1.38. The molecule has 6 nitrogen and oxygen atoms in total. The van der Waals surface area contributed by atoms with Gasteiger partial charge in [-0.05, 0) is 49.2 Å². The van der Waals surface area contributed by atoms with Crippen LogP contribution in [-0.4, -0.2) is 31.4 Å². The van der Waals surface area contributed by atoms with Gasteiger partial charge in [0.25, 0.3) is 0 Å². The molecule has 2 N–H and O–H groups in total. The summed E-state index contributed by atoms with van der Waals surface area (Å²) in [5.41, 5.74) is 3.47. The Morgan fingerprint density at radius 1 is 0.971 bits per heavy atom. The fraction of sp³-hybridized carbons (Fsp3) is 0.250. The topological polar surface area (TPSA) is 73.3 Å². The van der Waals surface area contributed by atoms with E-state index in [0.29, 0.717) is 29.0 Å². The second-order valence-corrected chi connectivity index (χ2v) is 8.80. The number of likely N-dealkylation sites (N-methyl/N-ethyl adjacent to an activating group) is 1. The first-order chi connectivity index (χ1) is 16.4. The molecule has 0 saturated heterocycles. The summed E-state index contributed by atoms with van der Waals surface area (Å²) in [7, 11) is 2.04. The molecule has 0 amide bonds. The van der Waals surface area contributed by atoms with Crippen LogP contribution in [0.25, 0.3) is 11.0 Å². The summed E-state index contributed by atoms with van der Waals surface area (Å²) in [5, 5.41) is 10.8. The van der Waals surface area contributed by atoms with Crippen molar-refractivity contribution < 1.29 is 23.9 Å². The standard InChI is InChI=1S/C28H29NO5/c1-19-11-20(2)13-24(12-19)34-27-18-33-26-14-23(9-10-25(26)28(27)31)32-17-22(30)16-29(3)15-21-7-5-4-6-8-21/h4-14,18,22,30H,15-17H2,1-3H3/p+1/t22-/m0/s1. The zero-order chi connectivity index (χ0) is 24.1. The maximum absolute atomic E-state index is 12.9. The van der Waals surface area contributed by atoms with Crippen molar-refractivity contribution in [1.29, 1.82) is 0 Å². The van der Waals surface area contributed by atoms with Gasteiger partial charge >= 0.3 is 0 Å². The highest BCUT2D eigenvalue weighted by molar-refractivity contribution is 5.79. The number of aryl methyl sites for hydroxylation is 2. The molecule has 0 aliphatic carbocycles. The third kappa shape index (κ3) is 6.04. The normalized spacial score (nSPS) is 12.9. The smallest absolute Gasteiger partial charge is 0.235 e. The van der Waals surface area contributed by atoms with Gasteiger partial charge in [-0.3, -0.25) is 4.79 Å². The Hall–Kier alpha value is -3.61. The second-order valence-electron chi connectivity index (χ2n) is 8.80. The summed E-state index contributed by atoms with van der Waals surface area (Å²) in [4.78, 5) is 14.1. The van der Waals surface area contributed by atoms with Crippen LogP contribution in [-0.2, 0) is 6.54 Å². The minimum absolute atomic E-state index is 0.131. The van der Waals surface area contributed by atoms with Gasteiger partial charge in [0.05, 0.1) is 12.4 Å². The number of fused-ring (bicyclic) bond motifs is 1. The highest BCUT2D eigenvalue weighted by Gasteiger charge is 2.14. The average molecular weight is 461 g/mol. The molecule has 0 fully saturated rings. The highest BCUT2D eigenvalue weighted by atomic mass is 16.5. The zero-order valence-electron chi connectivity index (χ0n) is 19.7. The molecule has 6 heteroatoms. The minimum Gasteiger partial charge on any atom is -0.491 e. The third-order valence-electron chi connectivity index (χ3n) is 5.51. The summed E-state index contributed by atoms with van der Waals surface area (Å²) in [5.74, 6) is 1.25. The SMILES string of the molecule is Cc1cc(C)cc(Oc2coc3cc(OC[C@@H](O)C[NH+](C)Cc4ccccc4)ccc3c2=O)c1. The monoisotopic (exact) mass is 460 g/mol. The van der Waals surface area contributed by atoms with E-state index in [0.717, 1.165) is 17.7 Å². The molecule has 0 radical (unpaired) electrons. The van der Waals surface area contributed by atoms with Crippen molar-refractivity contribution >= 4 is 11.0 Å². The summed E-state index contributed by atoms with van der Waals surface area (Å²) in [6, 6.07) is 21.0. The van der Waals surface area contributed by atoms with Crippen LogP contribution in [0.4, 0.5) is 0 Å². The molecule has 0 spiro atoms. The van der Waals surface area contributed by atoms with E-state index >= 15 is 0 Å². The number of aliphatic hydroxyl groups is 1. The molecule has 1 unspecified atom stereocenters. The van der Waals surface area contributed by atoms with Crippen LogP contribution < -0.4 is 19.8 Å². The zero-order valence-corrected chi connectivity index (χ0v) is 19.7. The minimum atomic E-state index is -0.625. The van der Waals surface area contributed by atoms with Crippen molar-refractivity contribution in [2.24, 2.45) is 0 Å². The lowest BCUT2D eigenvalue weighted by Crippen LogP contribution is -3.09. The maximum Gasteiger partial charge on any atom is 0.235 e. The molecule has 0 aliphatic heterocycles. The Bertz CT molecular complexity index is 1300. The lowest BCUT2D eigenvalue weighted by atomic mass is 10.1. The molecule has 3 aromatic carbocycles. The number of hydrogen-bond donors (Lipinski definition) is 2. The third-order valence-corrected chi connectivity index (χ3v) is 5.51. The number of hydrogen-bond acceptors (Lipinski definition) is 5. The first kappa shape index (κ1) is 23.5. The number of ether oxygens (including phenoxy) is 2. The van der Waals surface area contributed by atoms with Crippen LogP contribution in [0.2, 0.25) is 0 Å². The van der Waals surface area contributed by atoms with E-state index in [4.69, 9.17) is 13.9 Å². The van der Waals surface area contributed by atoms with Crippen molar-refractivity contribution in [3.63, 3.8) is 0 Å². The van der Waals surface area contributed by atoms with Crippen molar-refractivity contribution in [1.82, 2.24) is 0 Å². The molecule has 0 aliphatic rings. The van der Waals surface area contributed by atoms with Crippen LogP contribution in [0, 0.1) is 13.8 Å². The first-order valence-electron chi connectivity index (χ1n) is 11.3. The van der Waals surface area contributed by atoms with E-state index in [2.05, 4.69) is 12.1 Å². The Kier molecular flexibility index (Phi) is 7.30. The molecule has 0 saturated carbocycles. The van der Waals surface area contributed by atoms with Crippen LogP contribution in [0.15, 0.2) is 82.2 Å². The van der Waals surface area contributed by atoms with E-state index in [9.17, 15) is 9.90 Å². The molecule has 4 rings (SSSR count). The van der Waals surface area contributed by atoms with Gasteiger partial charge in [0.2, 0.25) is 11.2 Å². The number of aliphatic hydroxyl groups excluding tert-OH is 1. The van der Waals surface area contributed by atoms with Gasteiger partial charge in [-0.2, -0.15) is 0 Å². The van der Waals surface area contributed by atoms with Gasteiger partial charge in [0, 0.05) is 11.6 Å². The van der Waals surface area contributed by atoms with Gasteiger partial charge < -0.3 is 23.9 Å². The summed E-state index contributed by atoms with van der Waals surface area (Å²) >= 11 is 0. The molecule has 34 heavy (non-hydrogen) atoms. The van der Waals surface area contributed by atoms with Gasteiger partial charge in [0.15, 0.2) is 0 Å². The van der Waals surface area contributed by atoms with E-state index in [1.807, 2.05) is 57.3 Å². The van der Waals surface area contributed by atoms with Crippen molar-refractivity contribution in [3.05, 3.63) is 99.9 Å². The molecule has 176 valence electrons. The Morgan fingerprint density at radius 3 is 2.44 bits per heavy atom. The molecule has 1 aromatic heterocycles. The number of quaternary nitrogens is 1. The number of rotatable bonds is 9. The Labute approximate surface area is 199 Å². The predicted molar refractivity (Wildman–Crippen MR) is 132 cm³/mol. The quantitative estimate of drug-likeness (QED) is 0.399. The predicted octanol–water partition coefficient (Wildman–Crippen LogP) is 3.66. The van der Waals surface area contributed by atoms with Crippen molar-refractivity contribution in [3.8, 4) is 17.2 Å². The molecule has 4 aromatic rings. The Morgan fingerprint density at radius 2 is 1.71 bits per heavy atom. The van der Waals surface area contributed by atoms with E-state index in [1.54, 1.807) is 18.2 Å². The van der Waals surface area contributed by atoms with E-state index in [1.165, 1.54) is 16.7 Å². The van der Waals surface area contributed by atoms with Crippen LogP contribution in [0.1, 0.15) is 16.7 Å². The lowest BCUT2D eigenvalue weighted by Gasteiger charge is -2.18. The van der Waals surface area contributed by atoms with Gasteiger partial charge in [-0.25, -0.2) is 0 Å². The van der Waals surface area contributed by atoms with Gasteiger partial charge in [-0.1, -0.05) is 36.4 Å². The first-order valence-corrected chi connectivity index (χ1v) is 11.3. The summed E-state index contributed by atoms with van der Waals surface area (Å²) < 4.78 is 17.2. The fourth-order valence-corrected chi connectivity index (χ4v) is 4.04. The second kappa shape index (κ2) is 10.5. The van der Waals surface area contributed by atoms with Crippen LogP contribution >= 0.6 is 0 Å². The summed E-state index contributed by atoms with van der Waals surface area (Å²) in [6.07, 6.45) is 0.697. The van der Waals surface area contributed by atoms with Crippen LogP contribution in [0.5, 0.6) is 17.2 Å². The van der Waals surface area contributed by atoms with E-state index in [-0.39, 0.29) is 17.8 Å². The largest absolute Gasteiger partial charge is 0.491 e. The molecular formula is C28H30NO5+. The van der Waals surface area contributed by atoms with Crippen molar-refractivity contribution in [2.45, 2.75) is 26.5 Å². The maximum atomic E-state index is 12.9. The number of benzene rings is 3. The van der Waals surface area contributed by atoms with Gasteiger partial charge in [0.1, 0.15) is 49.1 Å². The van der Waals surface area contributed by atoms with E-state index < -0.39 is 6.10 Å². The highest BCUT2D eigenvalue weighted by Crippen LogP contribution is 2.25. The molecule has 0 bridgehead atoms.